The summed E-state index contributed by atoms with van der Waals surface area (Å²) in [6, 6.07) is 135. The fourth-order valence-electron chi connectivity index (χ4n) is 14.3. The van der Waals surface area contributed by atoms with Crippen molar-refractivity contribution in [1.82, 2.24) is 19.1 Å². The lowest BCUT2D eigenvalue weighted by Gasteiger charge is -2.26. The first-order valence-corrected chi connectivity index (χ1v) is 33.4. The number of para-hydroxylation sites is 6. The first-order valence-electron chi connectivity index (χ1n) is 33.4. The molecule has 0 bridgehead atoms. The van der Waals surface area contributed by atoms with Crippen LogP contribution in [-0.4, -0.2) is 19.1 Å². The number of fused-ring (bicyclic) bond motifs is 7. The van der Waals surface area contributed by atoms with Gasteiger partial charge in [-0.2, -0.15) is 0 Å². The van der Waals surface area contributed by atoms with Crippen molar-refractivity contribution < 1.29 is 0 Å². The van der Waals surface area contributed by atoms with Crippen molar-refractivity contribution >= 4 is 88.8 Å². The molecule has 0 saturated heterocycles. The van der Waals surface area contributed by atoms with E-state index in [0.717, 1.165) is 101 Å². The lowest BCUT2D eigenvalue weighted by atomic mass is 9.99. The Kier molecular flexibility index (Phi) is 14.5. The van der Waals surface area contributed by atoms with Crippen LogP contribution in [0.2, 0.25) is 0 Å². The highest BCUT2D eigenvalue weighted by Gasteiger charge is 2.23. The molecule has 0 aliphatic heterocycles. The Bertz CT molecular complexity index is 5550. The smallest absolute Gasteiger partial charge is 0.0973 e. The van der Waals surface area contributed by atoms with Crippen molar-refractivity contribution in [2.45, 2.75) is 0 Å². The van der Waals surface area contributed by atoms with Crippen LogP contribution in [0, 0.1) is 0 Å². The molecule has 6 nitrogen and oxygen atoms in total. The first-order chi connectivity index (χ1) is 48.6. The highest BCUT2D eigenvalue weighted by atomic mass is 15.1. The van der Waals surface area contributed by atoms with Crippen molar-refractivity contribution in [3.63, 3.8) is 0 Å². The van der Waals surface area contributed by atoms with Gasteiger partial charge in [0.2, 0.25) is 0 Å². The molecule has 18 rings (SSSR count). The van der Waals surface area contributed by atoms with E-state index in [1.165, 1.54) is 66.1 Å². The van der Waals surface area contributed by atoms with Gasteiger partial charge < -0.3 is 18.9 Å². The van der Waals surface area contributed by atoms with Gasteiger partial charge in [0, 0.05) is 78.2 Å². The van der Waals surface area contributed by atoms with E-state index in [0.29, 0.717) is 0 Å². The van der Waals surface area contributed by atoms with Gasteiger partial charge in [-0.25, -0.2) is 9.97 Å². The second-order valence-electron chi connectivity index (χ2n) is 24.9. The van der Waals surface area contributed by atoms with E-state index >= 15 is 0 Å². The fourth-order valence-corrected chi connectivity index (χ4v) is 14.3. The van der Waals surface area contributed by atoms with E-state index in [1.807, 2.05) is 12.1 Å². The molecule has 0 aliphatic rings. The zero-order valence-corrected chi connectivity index (χ0v) is 53.5. The van der Waals surface area contributed by atoms with Crippen LogP contribution >= 0.6 is 0 Å². The van der Waals surface area contributed by atoms with E-state index in [-0.39, 0.29) is 0 Å². The summed E-state index contributed by atoms with van der Waals surface area (Å²) in [6.07, 6.45) is 0. The minimum absolute atomic E-state index is 0.807. The van der Waals surface area contributed by atoms with E-state index in [1.54, 1.807) is 0 Å². The molecule has 3 aromatic heterocycles. The third-order valence-corrected chi connectivity index (χ3v) is 19.1. The fraction of sp³-hybridized carbons (Fsp3) is 0. The molecule has 0 unspecified atom stereocenters. The predicted octanol–water partition coefficient (Wildman–Crippen LogP) is 24.8. The second kappa shape index (κ2) is 24.6. The Labute approximate surface area is 568 Å². The Balaban J connectivity index is 0.713. The minimum Gasteiger partial charge on any atom is -0.310 e. The summed E-state index contributed by atoms with van der Waals surface area (Å²) >= 11 is 0. The molecule has 98 heavy (non-hydrogen) atoms. The largest absolute Gasteiger partial charge is 0.310 e. The van der Waals surface area contributed by atoms with Crippen molar-refractivity contribution in [3.05, 3.63) is 376 Å². The summed E-state index contributed by atoms with van der Waals surface area (Å²) in [7, 11) is 0. The summed E-state index contributed by atoms with van der Waals surface area (Å²) in [6.45, 7) is 0. The molecular formula is C92H62N6. The Morgan fingerprint density at radius 3 is 0.786 bits per heavy atom. The van der Waals surface area contributed by atoms with Crippen molar-refractivity contribution in [2.75, 3.05) is 9.80 Å². The van der Waals surface area contributed by atoms with E-state index < -0.39 is 0 Å². The van der Waals surface area contributed by atoms with Crippen LogP contribution in [0.3, 0.4) is 0 Å². The molecule has 15 aromatic carbocycles. The van der Waals surface area contributed by atoms with Gasteiger partial charge in [-0.1, -0.05) is 231 Å². The highest BCUT2D eigenvalue weighted by molar-refractivity contribution is 6.13. The molecule has 0 radical (unpaired) electrons. The monoisotopic (exact) mass is 1250 g/mol. The molecule has 6 heteroatoms. The molecule has 18 aromatic rings. The zero-order valence-electron chi connectivity index (χ0n) is 53.5. The normalized spacial score (nSPS) is 11.5. The number of benzene rings is 15. The molecule has 0 amide bonds. The van der Waals surface area contributed by atoms with Gasteiger partial charge in [0.05, 0.1) is 44.5 Å². The molecule has 0 N–H and O–H groups in total. The van der Waals surface area contributed by atoms with Crippen LogP contribution in [0.5, 0.6) is 0 Å². The standard InChI is InChI=1S/C92H62N6/c1-7-21-63(22-8-1)65-35-39-67(40-36-65)71-47-55-87-81(59-71)83-61-79(53-57-89(83)97(87)75-29-15-5-16-30-75)95(73-25-11-3-12-26-73)77-49-43-69(44-50-77)91-92(94-86-34-20-19-33-85(86)93-91)70-45-51-78(52-46-70)96(74-27-13-4-14-28-74)80-54-58-90-84(62-80)82-60-72(48-56-88(82)98(90)76-31-17-6-18-32-76)68-41-37-66(38-42-68)64-23-9-2-10-24-64/h1-62H. The Morgan fingerprint density at radius 1 is 0.184 bits per heavy atom. The third kappa shape index (κ3) is 10.5. The molecule has 0 aliphatic carbocycles. The van der Waals surface area contributed by atoms with Crippen LogP contribution in [0.25, 0.3) is 133 Å². The Morgan fingerprint density at radius 2 is 0.429 bits per heavy atom. The maximum atomic E-state index is 5.43. The molecular weight excluding hydrogens is 1190 g/mol. The van der Waals surface area contributed by atoms with Gasteiger partial charge in [-0.15, -0.1) is 0 Å². The number of rotatable bonds is 14. The number of hydrogen-bond donors (Lipinski definition) is 0. The van der Waals surface area contributed by atoms with Gasteiger partial charge >= 0.3 is 0 Å². The molecule has 0 fully saturated rings. The summed E-state index contributed by atoms with van der Waals surface area (Å²) in [5.41, 5.74) is 27.7. The van der Waals surface area contributed by atoms with Gasteiger partial charge in [0.25, 0.3) is 0 Å². The summed E-state index contributed by atoms with van der Waals surface area (Å²) in [5, 5.41) is 4.70. The van der Waals surface area contributed by atoms with Crippen molar-refractivity contribution in [2.24, 2.45) is 0 Å². The Hall–Kier alpha value is -13.2. The lowest BCUT2D eigenvalue weighted by molar-refractivity contribution is 1.18. The van der Waals surface area contributed by atoms with Crippen LogP contribution in [0.15, 0.2) is 376 Å². The van der Waals surface area contributed by atoms with Gasteiger partial charge in [0.1, 0.15) is 0 Å². The molecule has 0 atom stereocenters. The number of hydrogen-bond acceptors (Lipinski definition) is 4. The van der Waals surface area contributed by atoms with Crippen LogP contribution in [0.4, 0.5) is 34.1 Å². The molecule has 460 valence electrons. The maximum absolute atomic E-state index is 5.43. The number of nitrogens with zero attached hydrogens (tertiary/aromatic N) is 6. The topological polar surface area (TPSA) is 42.1 Å². The minimum atomic E-state index is 0.807. The van der Waals surface area contributed by atoms with Gasteiger partial charge in [-0.3, -0.25) is 0 Å². The average Bonchev–Trinajstić information content (AvgIpc) is 1.57. The molecule has 0 spiro atoms. The van der Waals surface area contributed by atoms with Gasteiger partial charge in [0.15, 0.2) is 0 Å². The van der Waals surface area contributed by atoms with Crippen LogP contribution < -0.4 is 9.80 Å². The zero-order chi connectivity index (χ0) is 64.9. The number of aromatic nitrogens is 4. The van der Waals surface area contributed by atoms with Crippen LogP contribution in [0.1, 0.15) is 0 Å². The van der Waals surface area contributed by atoms with Crippen LogP contribution in [-0.2, 0) is 0 Å². The maximum Gasteiger partial charge on any atom is 0.0973 e. The van der Waals surface area contributed by atoms with E-state index in [4.69, 9.17) is 9.97 Å². The van der Waals surface area contributed by atoms with Crippen molar-refractivity contribution in [1.29, 1.82) is 0 Å². The van der Waals surface area contributed by atoms with Gasteiger partial charge in [-0.05, 0) is 190 Å². The lowest BCUT2D eigenvalue weighted by Crippen LogP contribution is -2.10. The third-order valence-electron chi connectivity index (χ3n) is 19.1. The number of anilines is 6. The quantitative estimate of drug-likeness (QED) is 0.109. The predicted molar refractivity (Wildman–Crippen MR) is 410 cm³/mol. The molecule has 0 saturated carbocycles. The summed E-state index contributed by atoms with van der Waals surface area (Å²) in [4.78, 5) is 15.6. The van der Waals surface area contributed by atoms with E-state index in [2.05, 4.69) is 383 Å². The first kappa shape index (κ1) is 57.5. The van der Waals surface area contributed by atoms with Crippen molar-refractivity contribution in [3.8, 4) is 78.4 Å². The molecule has 3 heterocycles. The highest BCUT2D eigenvalue weighted by Crippen LogP contribution is 2.45. The average molecular weight is 1250 g/mol. The van der Waals surface area contributed by atoms with E-state index in [9.17, 15) is 0 Å². The summed E-state index contributed by atoms with van der Waals surface area (Å²) < 4.78 is 4.78. The SMILES string of the molecule is c1ccc(-c2ccc(-c3ccc4c(c3)c3cc(N(c5ccccc5)c5ccc(-c6nc7ccccc7nc6-c6ccc(N(c7ccccc7)c7ccc8c(c7)c7cc(-c9ccc(-c%10ccccc%10)cc9)ccc7n8-c7ccccc7)cc6)cc5)ccc3n4-c3ccccc3)cc2)cc1. The summed E-state index contributed by atoms with van der Waals surface area (Å²) in [5.74, 6) is 0. The second-order valence-corrected chi connectivity index (χ2v) is 24.9.